The predicted molar refractivity (Wildman–Crippen MR) is 84.7 cm³/mol. The van der Waals surface area contributed by atoms with Gasteiger partial charge in [0.25, 0.3) is 5.91 Å². The zero-order chi connectivity index (χ0) is 16.0. The molecule has 0 aliphatic carbocycles. The van der Waals surface area contributed by atoms with Crippen LogP contribution in [0.25, 0.3) is 0 Å². The maximum Gasteiger partial charge on any atom is 0.322 e. The van der Waals surface area contributed by atoms with E-state index >= 15 is 0 Å². The van der Waals surface area contributed by atoms with E-state index in [0.717, 1.165) is 17.7 Å². The van der Waals surface area contributed by atoms with E-state index in [-0.39, 0.29) is 5.91 Å². The fourth-order valence-corrected chi connectivity index (χ4v) is 2.53. The smallest absolute Gasteiger partial charge is 0.322 e. The number of carbonyl (C=O) groups excluding carboxylic acids is 2. The Morgan fingerprint density at radius 2 is 1.73 bits per heavy atom. The molecule has 5 heteroatoms. The van der Waals surface area contributed by atoms with Gasteiger partial charge in [-0.3, -0.25) is 10.1 Å². The second kappa shape index (κ2) is 7.29. The van der Waals surface area contributed by atoms with E-state index in [1.165, 1.54) is 25.7 Å². The van der Waals surface area contributed by atoms with E-state index < -0.39 is 11.6 Å². The van der Waals surface area contributed by atoms with Crippen LogP contribution in [0.2, 0.25) is 0 Å². The van der Waals surface area contributed by atoms with Crippen LogP contribution in [0.4, 0.5) is 4.79 Å². The number of urea groups is 1. The van der Waals surface area contributed by atoms with E-state index in [2.05, 4.69) is 17.6 Å². The molecule has 120 valence electrons. The van der Waals surface area contributed by atoms with Gasteiger partial charge in [-0.05, 0) is 31.0 Å². The first-order chi connectivity index (χ1) is 10.6. The fraction of sp³-hybridized carbons (Fsp3) is 0.529. The summed E-state index contributed by atoms with van der Waals surface area (Å²) in [7, 11) is 0. The minimum Gasteiger partial charge on any atom is -0.494 e. The van der Waals surface area contributed by atoms with Crippen LogP contribution in [-0.2, 0) is 10.3 Å². The topological polar surface area (TPSA) is 67.4 Å². The zero-order valence-corrected chi connectivity index (χ0v) is 13.3. The molecule has 0 aromatic heterocycles. The highest BCUT2D eigenvalue weighted by Crippen LogP contribution is 2.26. The van der Waals surface area contributed by atoms with Crippen molar-refractivity contribution in [1.29, 1.82) is 0 Å². The number of unbranched alkanes of at least 4 members (excludes halogenated alkanes) is 4. The Balaban J connectivity index is 1.85. The molecule has 1 saturated heterocycles. The Morgan fingerprint density at radius 3 is 2.32 bits per heavy atom. The molecule has 1 aliphatic heterocycles. The summed E-state index contributed by atoms with van der Waals surface area (Å²) in [5, 5.41) is 4.91. The highest BCUT2D eigenvalue weighted by Gasteiger charge is 2.43. The van der Waals surface area contributed by atoms with Crippen LogP contribution >= 0.6 is 0 Å². The van der Waals surface area contributed by atoms with Gasteiger partial charge in [0.1, 0.15) is 11.3 Å². The first kappa shape index (κ1) is 16.3. The van der Waals surface area contributed by atoms with Gasteiger partial charge in [0.15, 0.2) is 0 Å². The van der Waals surface area contributed by atoms with Crippen LogP contribution < -0.4 is 15.4 Å². The molecule has 0 bridgehead atoms. The monoisotopic (exact) mass is 304 g/mol. The molecule has 1 aromatic rings. The third kappa shape index (κ3) is 3.78. The molecule has 1 heterocycles. The standard InChI is InChI=1S/C17H24N2O3/c1-3-4-5-6-7-12-22-14-10-8-13(9-11-14)17(2)15(20)18-16(21)19-17/h8-11H,3-7,12H2,1-2H3,(H2,18,19,20,21)/t17-/m1/s1. The van der Waals surface area contributed by atoms with E-state index in [4.69, 9.17) is 4.74 Å². The lowest BCUT2D eigenvalue weighted by atomic mass is 9.92. The first-order valence-corrected chi connectivity index (χ1v) is 7.93. The average Bonchev–Trinajstić information content (AvgIpc) is 2.77. The molecular weight excluding hydrogens is 280 g/mol. The molecule has 2 rings (SSSR count). The summed E-state index contributed by atoms with van der Waals surface area (Å²) in [6, 6.07) is 6.85. The van der Waals surface area contributed by atoms with Crippen molar-refractivity contribution in [3.8, 4) is 5.75 Å². The van der Waals surface area contributed by atoms with Crippen molar-refractivity contribution in [3.63, 3.8) is 0 Å². The lowest BCUT2D eigenvalue weighted by molar-refractivity contribution is -0.123. The molecule has 1 aliphatic rings. The maximum absolute atomic E-state index is 11.9. The van der Waals surface area contributed by atoms with Gasteiger partial charge in [0.2, 0.25) is 0 Å². The fourth-order valence-electron chi connectivity index (χ4n) is 2.53. The van der Waals surface area contributed by atoms with Crippen LogP contribution in [0.1, 0.15) is 51.5 Å². The molecule has 0 unspecified atom stereocenters. The van der Waals surface area contributed by atoms with Crippen molar-refractivity contribution in [1.82, 2.24) is 10.6 Å². The number of hydrogen-bond donors (Lipinski definition) is 2. The number of hydrogen-bond acceptors (Lipinski definition) is 3. The van der Waals surface area contributed by atoms with Gasteiger partial charge in [0, 0.05) is 0 Å². The van der Waals surface area contributed by atoms with Gasteiger partial charge in [-0.1, -0.05) is 44.7 Å². The van der Waals surface area contributed by atoms with Crippen molar-refractivity contribution in [2.45, 2.75) is 51.5 Å². The van der Waals surface area contributed by atoms with Gasteiger partial charge in [-0.25, -0.2) is 4.79 Å². The highest BCUT2D eigenvalue weighted by atomic mass is 16.5. The van der Waals surface area contributed by atoms with Crippen molar-refractivity contribution < 1.29 is 14.3 Å². The van der Waals surface area contributed by atoms with Crippen molar-refractivity contribution in [2.24, 2.45) is 0 Å². The molecular formula is C17H24N2O3. The minimum atomic E-state index is -1.00. The molecule has 5 nitrogen and oxygen atoms in total. The van der Waals surface area contributed by atoms with Gasteiger partial charge >= 0.3 is 6.03 Å². The van der Waals surface area contributed by atoms with Crippen molar-refractivity contribution in [3.05, 3.63) is 29.8 Å². The van der Waals surface area contributed by atoms with Gasteiger partial charge in [0.05, 0.1) is 6.61 Å². The molecule has 1 aromatic carbocycles. The number of rotatable bonds is 8. The van der Waals surface area contributed by atoms with E-state index in [9.17, 15) is 9.59 Å². The summed E-state index contributed by atoms with van der Waals surface area (Å²) >= 11 is 0. The number of nitrogens with one attached hydrogen (secondary N) is 2. The van der Waals surface area contributed by atoms with E-state index in [1.807, 2.05) is 24.3 Å². The summed E-state index contributed by atoms with van der Waals surface area (Å²) in [5.41, 5.74) is -0.262. The van der Waals surface area contributed by atoms with Crippen molar-refractivity contribution in [2.75, 3.05) is 6.61 Å². The lowest BCUT2D eigenvalue weighted by Crippen LogP contribution is -2.40. The second-order valence-corrected chi connectivity index (χ2v) is 5.82. The molecule has 2 N–H and O–H groups in total. The Hall–Kier alpha value is -2.04. The molecule has 22 heavy (non-hydrogen) atoms. The summed E-state index contributed by atoms with van der Waals surface area (Å²) in [6.45, 7) is 4.60. The summed E-state index contributed by atoms with van der Waals surface area (Å²) in [6.07, 6.45) is 6.02. The van der Waals surface area contributed by atoms with E-state index in [1.54, 1.807) is 6.92 Å². The summed E-state index contributed by atoms with van der Waals surface area (Å²) in [5.74, 6) is 0.453. The molecule has 0 spiro atoms. The van der Waals surface area contributed by atoms with Crippen LogP contribution in [0.5, 0.6) is 5.75 Å². The predicted octanol–water partition coefficient (Wildman–Crippen LogP) is 3.09. The van der Waals surface area contributed by atoms with Crippen LogP contribution in [0.3, 0.4) is 0 Å². The number of ether oxygens (including phenoxy) is 1. The molecule has 1 atom stereocenters. The second-order valence-electron chi connectivity index (χ2n) is 5.82. The number of amides is 3. The average molecular weight is 304 g/mol. The molecule has 1 fully saturated rings. The van der Waals surface area contributed by atoms with Crippen LogP contribution in [0, 0.1) is 0 Å². The number of carbonyl (C=O) groups is 2. The van der Waals surface area contributed by atoms with Crippen LogP contribution in [-0.4, -0.2) is 18.5 Å². The van der Waals surface area contributed by atoms with E-state index in [0.29, 0.717) is 6.61 Å². The van der Waals surface area contributed by atoms with Gasteiger partial charge in [-0.15, -0.1) is 0 Å². The molecule has 0 saturated carbocycles. The largest absolute Gasteiger partial charge is 0.494 e. The normalized spacial score (nSPS) is 20.6. The third-order valence-corrected chi connectivity index (χ3v) is 3.99. The Bertz CT molecular complexity index is 527. The highest BCUT2D eigenvalue weighted by molar-refractivity contribution is 6.07. The third-order valence-electron chi connectivity index (χ3n) is 3.99. The Kier molecular flexibility index (Phi) is 5.41. The van der Waals surface area contributed by atoms with Crippen LogP contribution in [0.15, 0.2) is 24.3 Å². The van der Waals surface area contributed by atoms with Gasteiger partial charge in [-0.2, -0.15) is 0 Å². The lowest BCUT2D eigenvalue weighted by Gasteiger charge is -2.21. The number of benzene rings is 1. The SMILES string of the molecule is CCCCCCCOc1ccc([C@@]2(C)NC(=O)NC2=O)cc1. The van der Waals surface area contributed by atoms with Gasteiger partial charge < -0.3 is 10.1 Å². The Morgan fingerprint density at radius 1 is 1.05 bits per heavy atom. The summed E-state index contributed by atoms with van der Waals surface area (Å²) in [4.78, 5) is 23.2. The van der Waals surface area contributed by atoms with Crippen molar-refractivity contribution >= 4 is 11.9 Å². The quantitative estimate of drug-likeness (QED) is 0.573. The zero-order valence-electron chi connectivity index (χ0n) is 13.3. The maximum atomic E-state index is 11.9. The first-order valence-electron chi connectivity index (χ1n) is 7.93. The Labute approximate surface area is 131 Å². The minimum absolute atomic E-state index is 0.331. The number of imide groups is 1. The molecule has 0 radical (unpaired) electrons. The summed E-state index contributed by atoms with van der Waals surface area (Å²) < 4.78 is 5.70. The molecule has 3 amide bonds.